The van der Waals surface area contributed by atoms with E-state index in [-0.39, 0.29) is 11.0 Å². The number of furan rings is 1. The Kier molecular flexibility index (Phi) is 5.21. The molecule has 98 valence electrons. The van der Waals surface area contributed by atoms with Crippen LogP contribution in [0.25, 0.3) is 0 Å². The van der Waals surface area contributed by atoms with Crippen LogP contribution in [-0.4, -0.2) is 20.2 Å². The van der Waals surface area contributed by atoms with Gasteiger partial charge in [-0.05, 0) is 32.0 Å². The summed E-state index contributed by atoms with van der Waals surface area (Å²) >= 11 is 0. The molecule has 1 rings (SSSR count). The van der Waals surface area contributed by atoms with Crippen LogP contribution in [-0.2, 0) is 22.1 Å². The van der Waals surface area contributed by atoms with Crippen molar-refractivity contribution in [1.29, 1.82) is 0 Å². The molecule has 0 aliphatic rings. The molecule has 1 aromatic rings. The Morgan fingerprint density at radius 3 is 2.53 bits per heavy atom. The van der Waals surface area contributed by atoms with E-state index in [1.54, 1.807) is 13.0 Å². The summed E-state index contributed by atoms with van der Waals surface area (Å²) in [5, 5.41) is 2.82. The molecule has 1 atom stereocenters. The maximum Gasteiger partial charge on any atom is 0.160 e. The molecule has 1 N–H and O–H groups in total. The van der Waals surface area contributed by atoms with Gasteiger partial charge in [-0.3, -0.25) is 0 Å². The summed E-state index contributed by atoms with van der Waals surface area (Å²) in [5.41, 5.74) is 0. The first-order valence-corrected chi connectivity index (χ1v) is 7.71. The van der Waals surface area contributed by atoms with Gasteiger partial charge in [0.15, 0.2) is 9.84 Å². The highest BCUT2D eigenvalue weighted by Gasteiger charge is 2.21. The van der Waals surface area contributed by atoms with E-state index in [4.69, 9.17) is 4.42 Å². The first kappa shape index (κ1) is 14.3. The van der Waals surface area contributed by atoms with Gasteiger partial charge in [0.1, 0.15) is 17.3 Å². The highest BCUT2D eigenvalue weighted by atomic mass is 32.2. The van der Waals surface area contributed by atoms with Gasteiger partial charge in [-0.2, -0.15) is 0 Å². The molecule has 0 aromatic carbocycles. The third-order valence-corrected chi connectivity index (χ3v) is 5.04. The first-order valence-electron chi connectivity index (χ1n) is 5.99. The van der Waals surface area contributed by atoms with Gasteiger partial charge in [0, 0.05) is 0 Å². The van der Waals surface area contributed by atoms with Crippen LogP contribution in [0.1, 0.15) is 38.7 Å². The molecule has 5 heteroatoms. The van der Waals surface area contributed by atoms with E-state index in [2.05, 4.69) is 5.32 Å². The lowest BCUT2D eigenvalue weighted by Gasteiger charge is -2.08. The summed E-state index contributed by atoms with van der Waals surface area (Å²) in [4.78, 5) is 0. The van der Waals surface area contributed by atoms with Gasteiger partial charge in [0.2, 0.25) is 0 Å². The van der Waals surface area contributed by atoms with E-state index in [1.165, 1.54) is 0 Å². The SMILES string of the molecule is CCNCc1ccc(CS(=O)(=O)C(C)CC)o1. The second-order valence-corrected chi connectivity index (χ2v) is 6.59. The molecule has 1 aromatic heterocycles. The van der Waals surface area contributed by atoms with Crippen LogP contribution in [0.3, 0.4) is 0 Å². The van der Waals surface area contributed by atoms with Crippen LogP contribution in [0.4, 0.5) is 0 Å². The molecule has 0 fully saturated rings. The molecule has 17 heavy (non-hydrogen) atoms. The van der Waals surface area contributed by atoms with E-state index in [0.717, 1.165) is 12.3 Å². The van der Waals surface area contributed by atoms with Gasteiger partial charge < -0.3 is 9.73 Å². The maximum atomic E-state index is 11.9. The van der Waals surface area contributed by atoms with Gasteiger partial charge in [-0.1, -0.05) is 13.8 Å². The van der Waals surface area contributed by atoms with Crippen LogP contribution in [0, 0.1) is 0 Å². The topological polar surface area (TPSA) is 59.3 Å². The molecule has 0 saturated heterocycles. The Bertz CT molecular complexity index is 436. The normalized spacial score (nSPS) is 13.8. The average Bonchev–Trinajstić information content (AvgIpc) is 2.72. The molecule has 0 spiro atoms. The van der Waals surface area contributed by atoms with Gasteiger partial charge in [-0.15, -0.1) is 0 Å². The monoisotopic (exact) mass is 259 g/mol. The molecular formula is C12H21NO3S. The third-order valence-electron chi connectivity index (χ3n) is 2.80. The first-order chi connectivity index (χ1) is 7.99. The number of hydrogen-bond donors (Lipinski definition) is 1. The van der Waals surface area contributed by atoms with Crippen molar-refractivity contribution in [1.82, 2.24) is 5.32 Å². The fourth-order valence-corrected chi connectivity index (χ4v) is 2.78. The van der Waals surface area contributed by atoms with E-state index >= 15 is 0 Å². The Labute approximate surface area is 103 Å². The molecule has 0 saturated carbocycles. The zero-order valence-electron chi connectivity index (χ0n) is 10.7. The highest BCUT2D eigenvalue weighted by Crippen LogP contribution is 2.16. The van der Waals surface area contributed by atoms with Crippen molar-refractivity contribution < 1.29 is 12.8 Å². The molecule has 1 unspecified atom stereocenters. The minimum absolute atomic E-state index is 0.00582. The lowest BCUT2D eigenvalue weighted by molar-refractivity contribution is 0.458. The molecule has 0 radical (unpaired) electrons. The predicted molar refractivity (Wildman–Crippen MR) is 68.5 cm³/mol. The smallest absolute Gasteiger partial charge is 0.160 e. The molecule has 1 heterocycles. The summed E-state index contributed by atoms with van der Waals surface area (Å²) in [5.74, 6) is 1.30. The van der Waals surface area contributed by atoms with Gasteiger partial charge >= 0.3 is 0 Å². The maximum absolute atomic E-state index is 11.9. The summed E-state index contributed by atoms with van der Waals surface area (Å²) in [7, 11) is -3.08. The Hall–Kier alpha value is -0.810. The van der Waals surface area contributed by atoms with E-state index in [1.807, 2.05) is 19.9 Å². The number of nitrogens with one attached hydrogen (secondary N) is 1. The van der Waals surface area contributed by atoms with Crippen LogP contribution in [0.2, 0.25) is 0 Å². The van der Waals surface area contributed by atoms with Crippen molar-refractivity contribution in [2.45, 2.75) is 44.7 Å². The molecular weight excluding hydrogens is 238 g/mol. The van der Waals surface area contributed by atoms with E-state index in [9.17, 15) is 8.42 Å². The second kappa shape index (κ2) is 6.21. The summed E-state index contributed by atoms with van der Waals surface area (Å²) < 4.78 is 29.2. The Morgan fingerprint density at radius 1 is 1.29 bits per heavy atom. The third kappa shape index (κ3) is 4.16. The second-order valence-electron chi connectivity index (χ2n) is 4.17. The molecule has 0 aliphatic heterocycles. The fraction of sp³-hybridized carbons (Fsp3) is 0.667. The Balaban J connectivity index is 2.66. The fourth-order valence-electron chi connectivity index (χ4n) is 1.44. The molecule has 0 aliphatic carbocycles. The number of sulfone groups is 1. The van der Waals surface area contributed by atoms with Crippen molar-refractivity contribution in [2.75, 3.05) is 6.54 Å². The number of hydrogen-bond acceptors (Lipinski definition) is 4. The van der Waals surface area contributed by atoms with Crippen molar-refractivity contribution in [3.8, 4) is 0 Å². The standard InChI is InChI=1S/C12H21NO3S/c1-4-10(3)17(14,15)9-12-7-6-11(16-12)8-13-5-2/h6-7,10,13H,4-5,8-9H2,1-3H3. The predicted octanol–water partition coefficient (Wildman–Crippen LogP) is 2.10. The lowest BCUT2D eigenvalue weighted by Crippen LogP contribution is -2.18. The number of rotatable bonds is 7. The van der Waals surface area contributed by atoms with E-state index < -0.39 is 9.84 Å². The van der Waals surface area contributed by atoms with E-state index in [0.29, 0.717) is 18.7 Å². The van der Waals surface area contributed by atoms with Crippen LogP contribution >= 0.6 is 0 Å². The molecule has 0 bridgehead atoms. The minimum Gasteiger partial charge on any atom is -0.464 e. The zero-order chi connectivity index (χ0) is 12.9. The lowest BCUT2D eigenvalue weighted by atomic mass is 10.4. The van der Waals surface area contributed by atoms with Crippen LogP contribution in [0.15, 0.2) is 16.5 Å². The van der Waals surface area contributed by atoms with Crippen molar-refractivity contribution in [2.24, 2.45) is 0 Å². The summed E-state index contributed by atoms with van der Waals surface area (Å²) in [6, 6.07) is 3.57. The molecule has 0 amide bonds. The van der Waals surface area contributed by atoms with Gasteiger partial charge in [-0.25, -0.2) is 8.42 Å². The largest absolute Gasteiger partial charge is 0.464 e. The zero-order valence-corrected chi connectivity index (χ0v) is 11.5. The van der Waals surface area contributed by atoms with Gasteiger partial charge in [0.25, 0.3) is 0 Å². The minimum atomic E-state index is -3.08. The molecule has 4 nitrogen and oxygen atoms in total. The van der Waals surface area contributed by atoms with Crippen LogP contribution < -0.4 is 5.32 Å². The van der Waals surface area contributed by atoms with Crippen LogP contribution in [0.5, 0.6) is 0 Å². The van der Waals surface area contributed by atoms with Gasteiger partial charge in [0.05, 0.1) is 11.8 Å². The average molecular weight is 259 g/mol. The Morgan fingerprint density at radius 2 is 1.94 bits per heavy atom. The highest BCUT2D eigenvalue weighted by molar-refractivity contribution is 7.91. The summed E-state index contributed by atoms with van der Waals surface area (Å²) in [6.45, 7) is 7.12. The quantitative estimate of drug-likeness (QED) is 0.814. The van der Waals surface area contributed by atoms with Crippen molar-refractivity contribution in [3.05, 3.63) is 23.7 Å². The van der Waals surface area contributed by atoms with Crippen molar-refractivity contribution in [3.63, 3.8) is 0 Å². The summed E-state index contributed by atoms with van der Waals surface area (Å²) in [6.07, 6.45) is 0.632. The van der Waals surface area contributed by atoms with Crippen molar-refractivity contribution >= 4 is 9.84 Å².